The Morgan fingerprint density at radius 2 is 1.89 bits per heavy atom. The number of carbonyl (C=O) groups is 1. The zero-order chi connectivity index (χ0) is 25.7. The van der Waals surface area contributed by atoms with E-state index in [0.717, 1.165) is 45.7 Å². The first-order chi connectivity index (χ1) is 17.9. The molecule has 3 heterocycles. The minimum atomic E-state index is -0.372. The molecule has 0 spiro atoms. The van der Waals surface area contributed by atoms with Gasteiger partial charge in [0, 0.05) is 41.8 Å². The van der Waals surface area contributed by atoms with Crippen LogP contribution in [0.1, 0.15) is 36.2 Å². The summed E-state index contributed by atoms with van der Waals surface area (Å²) in [5.41, 5.74) is 5.37. The fourth-order valence-corrected chi connectivity index (χ4v) is 5.67. The number of rotatable bonds is 4. The van der Waals surface area contributed by atoms with Gasteiger partial charge >= 0.3 is 0 Å². The monoisotopic (exact) mass is 496 g/mol. The number of aromatic nitrogens is 1. The minimum Gasteiger partial charge on any atom is -0.496 e. The SMILES string of the molecule is COc1cccc2c1cc1n2CCN(C2=Nc3c(F)cccc3C(CC(C)=O)N2c2cccc(C)c2)C1. The van der Waals surface area contributed by atoms with Crippen molar-refractivity contribution in [2.75, 3.05) is 18.6 Å². The number of ether oxygens (including phenoxy) is 1. The smallest absolute Gasteiger partial charge is 0.207 e. The molecule has 0 fully saturated rings. The lowest BCUT2D eigenvalue weighted by Gasteiger charge is -2.43. The summed E-state index contributed by atoms with van der Waals surface area (Å²) in [5, 5.41) is 1.08. The second-order valence-corrected chi connectivity index (χ2v) is 9.82. The first-order valence-electron chi connectivity index (χ1n) is 12.6. The Morgan fingerprint density at radius 1 is 1.08 bits per heavy atom. The molecule has 0 saturated carbocycles. The van der Waals surface area contributed by atoms with E-state index in [0.29, 0.717) is 24.7 Å². The van der Waals surface area contributed by atoms with Crippen molar-refractivity contribution in [2.45, 2.75) is 39.4 Å². The maximum Gasteiger partial charge on any atom is 0.207 e. The van der Waals surface area contributed by atoms with Crippen molar-refractivity contribution < 1.29 is 13.9 Å². The summed E-state index contributed by atoms with van der Waals surface area (Å²) in [5.74, 6) is 1.19. The molecule has 37 heavy (non-hydrogen) atoms. The summed E-state index contributed by atoms with van der Waals surface area (Å²) < 4.78 is 23.1. The van der Waals surface area contributed by atoms with Crippen LogP contribution < -0.4 is 9.64 Å². The number of para-hydroxylation sites is 1. The van der Waals surface area contributed by atoms with Gasteiger partial charge in [0.2, 0.25) is 5.96 Å². The van der Waals surface area contributed by atoms with E-state index in [1.54, 1.807) is 20.1 Å². The number of guanidine groups is 1. The van der Waals surface area contributed by atoms with Crippen LogP contribution in [0.15, 0.2) is 71.7 Å². The summed E-state index contributed by atoms with van der Waals surface area (Å²) in [6.07, 6.45) is 0.259. The molecule has 3 aromatic carbocycles. The van der Waals surface area contributed by atoms with Gasteiger partial charge in [0.1, 0.15) is 23.0 Å². The van der Waals surface area contributed by atoms with Crippen LogP contribution in [0, 0.1) is 12.7 Å². The largest absolute Gasteiger partial charge is 0.496 e. The molecule has 6 nitrogen and oxygen atoms in total. The molecule has 2 aliphatic heterocycles. The van der Waals surface area contributed by atoms with Crippen LogP contribution in [0.2, 0.25) is 0 Å². The van der Waals surface area contributed by atoms with Crippen molar-refractivity contribution in [3.05, 3.63) is 89.4 Å². The van der Waals surface area contributed by atoms with Gasteiger partial charge in [0.05, 0.1) is 25.2 Å². The molecule has 1 atom stereocenters. The minimum absolute atomic E-state index is 0.0463. The summed E-state index contributed by atoms with van der Waals surface area (Å²) >= 11 is 0. The van der Waals surface area contributed by atoms with Crippen molar-refractivity contribution in [2.24, 2.45) is 4.99 Å². The van der Waals surface area contributed by atoms with Crippen molar-refractivity contribution in [3.8, 4) is 5.75 Å². The van der Waals surface area contributed by atoms with Gasteiger partial charge in [-0.1, -0.05) is 30.3 Å². The number of anilines is 1. The van der Waals surface area contributed by atoms with Gasteiger partial charge < -0.3 is 19.1 Å². The van der Waals surface area contributed by atoms with Gasteiger partial charge in [-0.25, -0.2) is 9.38 Å². The van der Waals surface area contributed by atoms with E-state index in [1.807, 2.05) is 43.3 Å². The fraction of sp³-hybridized carbons (Fsp3) is 0.267. The molecular formula is C30H29FN4O2. The maximum atomic E-state index is 15.1. The first-order valence-corrected chi connectivity index (χ1v) is 12.6. The Kier molecular flexibility index (Phi) is 5.71. The third-order valence-corrected chi connectivity index (χ3v) is 7.32. The quantitative estimate of drug-likeness (QED) is 0.341. The van der Waals surface area contributed by atoms with Crippen LogP contribution in [-0.4, -0.2) is 34.9 Å². The van der Waals surface area contributed by atoms with Crippen LogP contribution in [0.3, 0.4) is 0 Å². The molecule has 1 aromatic heterocycles. The second-order valence-electron chi connectivity index (χ2n) is 9.82. The van der Waals surface area contributed by atoms with Crippen LogP contribution in [0.25, 0.3) is 10.9 Å². The molecule has 1 unspecified atom stereocenters. The Bertz CT molecular complexity index is 1560. The normalized spacial score (nSPS) is 16.9. The number of nitrogens with zero attached hydrogens (tertiary/aromatic N) is 4. The van der Waals surface area contributed by atoms with E-state index in [1.165, 1.54) is 6.07 Å². The van der Waals surface area contributed by atoms with Gasteiger partial charge in [-0.05, 0) is 55.8 Å². The number of aliphatic imine (C=N–C) groups is 1. The van der Waals surface area contributed by atoms with Crippen LogP contribution in [-0.2, 0) is 17.9 Å². The molecule has 7 heteroatoms. The third kappa shape index (κ3) is 3.95. The predicted octanol–water partition coefficient (Wildman–Crippen LogP) is 6.14. The number of carbonyl (C=O) groups excluding carboxylic acids is 1. The molecule has 0 amide bonds. The molecular weight excluding hydrogens is 467 g/mol. The second kappa shape index (κ2) is 9.07. The molecule has 6 rings (SSSR count). The number of benzene rings is 3. The van der Waals surface area contributed by atoms with Crippen LogP contribution >= 0.6 is 0 Å². The van der Waals surface area contributed by atoms with E-state index in [9.17, 15) is 4.79 Å². The zero-order valence-electron chi connectivity index (χ0n) is 21.2. The highest BCUT2D eigenvalue weighted by Gasteiger charge is 2.37. The van der Waals surface area contributed by atoms with Crippen molar-refractivity contribution >= 4 is 34.0 Å². The summed E-state index contributed by atoms with van der Waals surface area (Å²) in [6.45, 7) is 5.70. The number of hydrogen-bond acceptors (Lipinski definition) is 5. The topological polar surface area (TPSA) is 50.1 Å². The lowest BCUT2D eigenvalue weighted by molar-refractivity contribution is -0.117. The maximum absolute atomic E-state index is 15.1. The highest BCUT2D eigenvalue weighted by Crippen LogP contribution is 2.42. The van der Waals surface area contributed by atoms with Crippen LogP contribution in [0.4, 0.5) is 15.8 Å². The van der Waals surface area contributed by atoms with E-state index < -0.39 is 0 Å². The molecule has 0 bridgehead atoms. The van der Waals surface area contributed by atoms with Crippen molar-refractivity contribution in [3.63, 3.8) is 0 Å². The van der Waals surface area contributed by atoms with Crippen molar-refractivity contribution in [1.82, 2.24) is 9.47 Å². The zero-order valence-corrected chi connectivity index (χ0v) is 21.2. The highest BCUT2D eigenvalue weighted by atomic mass is 19.1. The average molecular weight is 497 g/mol. The third-order valence-electron chi connectivity index (χ3n) is 7.32. The summed E-state index contributed by atoms with van der Waals surface area (Å²) in [7, 11) is 1.69. The van der Waals surface area contributed by atoms with Gasteiger partial charge in [-0.2, -0.15) is 0 Å². The highest BCUT2D eigenvalue weighted by molar-refractivity contribution is 6.01. The molecule has 4 aromatic rings. The molecule has 0 saturated heterocycles. The molecule has 188 valence electrons. The average Bonchev–Trinajstić information content (AvgIpc) is 3.26. The number of methoxy groups -OCH3 is 1. The fourth-order valence-electron chi connectivity index (χ4n) is 5.67. The molecule has 0 radical (unpaired) electrons. The van der Waals surface area contributed by atoms with Gasteiger partial charge in [-0.15, -0.1) is 0 Å². The lowest BCUT2D eigenvalue weighted by Crippen LogP contribution is -2.50. The van der Waals surface area contributed by atoms with E-state index in [4.69, 9.17) is 9.73 Å². The molecule has 2 aliphatic rings. The van der Waals surface area contributed by atoms with E-state index >= 15 is 4.39 Å². The number of hydrogen-bond donors (Lipinski definition) is 0. The molecule has 0 N–H and O–H groups in total. The van der Waals surface area contributed by atoms with Crippen molar-refractivity contribution in [1.29, 1.82) is 0 Å². The number of Topliss-reactive ketones (excluding diaryl/α,β-unsaturated/α-hetero) is 1. The summed E-state index contributed by atoms with van der Waals surface area (Å²) in [6, 6.07) is 21.1. The number of ketones is 1. The summed E-state index contributed by atoms with van der Waals surface area (Å²) in [4.78, 5) is 21.7. The first kappa shape index (κ1) is 23.3. The predicted molar refractivity (Wildman–Crippen MR) is 144 cm³/mol. The number of fused-ring (bicyclic) bond motifs is 4. The van der Waals surface area contributed by atoms with Gasteiger partial charge in [0.15, 0.2) is 0 Å². The Morgan fingerprint density at radius 3 is 2.68 bits per heavy atom. The molecule has 0 aliphatic carbocycles. The Balaban J connectivity index is 1.50. The lowest BCUT2D eigenvalue weighted by atomic mass is 9.95. The Labute approximate surface area is 215 Å². The number of halogens is 1. The van der Waals surface area contributed by atoms with Gasteiger partial charge in [0.25, 0.3) is 0 Å². The van der Waals surface area contributed by atoms with Crippen LogP contribution in [0.5, 0.6) is 5.75 Å². The van der Waals surface area contributed by atoms with E-state index in [2.05, 4.69) is 32.6 Å². The number of aryl methyl sites for hydroxylation is 1. The van der Waals surface area contributed by atoms with Gasteiger partial charge in [-0.3, -0.25) is 4.79 Å². The Hall–Kier alpha value is -4.13. The van der Waals surface area contributed by atoms with E-state index in [-0.39, 0.29) is 24.1 Å². The standard InChI is InChI=1S/C30H29FN4O2/c1-19-7-4-8-21(15-19)35-27(16-20(2)36)23-9-5-10-25(31)29(23)32-30(35)33-13-14-34-22(18-33)17-24-26(34)11-6-12-28(24)37-3/h4-12,15,17,27H,13-14,16,18H2,1-3H3.